The Morgan fingerprint density at radius 2 is 1.90 bits per heavy atom. The second-order valence-electron chi connectivity index (χ2n) is 9.05. The molecular weight excluding hydrogens is 254 g/mol. The van der Waals surface area contributed by atoms with Crippen LogP contribution in [0.25, 0.3) is 0 Å². The van der Waals surface area contributed by atoms with Crippen LogP contribution in [-0.4, -0.2) is 6.54 Å². The molecule has 2 N–H and O–H groups in total. The maximum atomic E-state index is 6.22. The summed E-state index contributed by atoms with van der Waals surface area (Å²) in [7, 11) is 0. The Kier molecular flexibility index (Phi) is 4.01. The van der Waals surface area contributed by atoms with E-state index in [0.29, 0.717) is 10.8 Å². The molecule has 0 aromatic heterocycles. The first kappa shape index (κ1) is 15.6. The summed E-state index contributed by atoms with van der Waals surface area (Å²) in [6.45, 7) is 10.8. The van der Waals surface area contributed by atoms with E-state index in [1.807, 2.05) is 11.1 Å². The Hall–Kier alpha value is -0.300. The smallest absolute Gasteiger partial charge is 0.00202 e. The Morgan fingerprint density at radius 1 is 1.14 bits per heavy atom. The van der Waals surface area contributed by atoms with E-state index < -0.39 is 0 Å². The fourth-order valence-electron chi connectivity index (χ4n) is 6.13. The van der Waals surface area contributed by atoms with Gasteiger partial charge in [0.15, 0.2) is 0 Å². The zero-order chi connectivity index (χ0) is 15.3. The van der Waals surface area contributed by atoms with Crippen molar-refractivity contribution in [1.29, 1.82) is 0 Å². The molecule has 0 aliphatic heterocycles. The molecule has 3 aliphatic rings. The Labute approximate surface area is 131 Å². The van der Waals surface area contributed by atoms with Crippen LogP contribution in [0.2, 0.25) is 0 Å². The molecule has 0 spiro atoms. The molecule has 0 aromatic carbocycles. The predicted octanol–water partition coefficient (Wildman–Crippen LogP) is 5.30. The minimum absolute atomic E-state index is 0.389. The minimum Gasteiger partial charge on any atom is -0.330 e. The van der Waals surface area contributed by atoms with Crippen LogP contribution in [-0.2, 0) is 0 Å². The van der Waals surface area contributed by atoms with Gasteiger partial charge in [0.2, 0.25) is 0 Å². The summed E-state index contributed by atoms with van der Waals surface area (Å²) in [5.41, 5.74) is 10.8. The third kappa shape index (κ3) is 2.40. The van der Waals surface area contributed by atoms with Crippen molar-refractivity contribution in [2.75, 3.05) is 6.54 Å². The molecule has 0 bridgehead atoms. The van der Waals surface area contributed by atoms with Gasteiger partial charge in [0.1, 0.15) is 0 Å². The quantitative estimate of drug-likeness (QED) is 0.685. The van der Waals surface area contributed by atoms with Gasteiger partial charge in [0.05, 0.1) is 0 Å². The molecule has 120 valence electrons. The topological polar surface area (TPSA) is 26.0 Å². The highest BCUT2D eigenvalue weighted by Gasteiger charge is 2.52. The summed E-state index contributed by atoms with van der Waals surface area (Å²) in [6, 6.07) is 0. The molecule has 0 heterocycles. The maximum absolute atomic E-state index is 6.22. The van der Waals surface area contributed by atoms with Crippen molar-refractivity contribution in [2.24, 2.45) is 34.3 Å². The maximum Gasteiger partial charge on any atom is -0.00202 e. The first-order valence-corrected chi connectivity index (χ1v) is 9.32. The van der Waals surface area contributed by atoms with Gasteiger partial charge in [-0.25, -0.2) is 0 Å². The van der Waals surface area contributed by atoms with Crippen molar-refractivity contribution in [3.05, 3.63) is 11.1 Å². The molecule has 1 fully saturated rings. The number of allylic oxidation sites excluding steroid dienone is 2. The van der Waals surface area contributed by atoms with Gasteiger partial charge >= 0.3 is 0 Å². The number of hydrogen-bond donors (Lipinski definition) is 1. The molecule has 1 saturated carbocycles. The Bertz CT molecular complexity index is 435. The highest BCUT2D eigenvalue weighted by atomic mass is 14.7. The molecule has 3 rings (SSSR count). The van der Waals surface area contributed by atoms with E-state index in [-0.39, 0.29) is 0 Å². The molecule has 1 heteroatoms. The third-order valence-corrected chi connectivity index (χ3v) is 7.59. The summed E-state index contributed by atoms with van der Waals surface area (Å²) in [4.78, 5) is 0. The summed E-state index contributed by atoms with van der Waals surface area (Å²) >= 11 is 0. The van der Waals surface area contributed by atoms with Gasteiger partial charge in [0.25, 0.3) is 0 Å². The molecule has 0 unspecified atom stereocenters. The monoisotopic (exact) mass is 289 g/mol. The fourth-order valence-corrected chi connectivity index (χ4v) is 6.13. The standard InChI is InChI=1S/C20H35N/c1-14(2)15-6-8-17-16(12-15)7-9-18-19(3,13-21)10-5-11-20(17,18)4/h14-15,18H,5-13,21H2,1-4H3/t15-,18-,19+,20+/m1/s1. The molecule has 1 nitrogen and oxygen atoms in total. The highest BCUT2D eigenvalue weighted by Crippen LogP contribution is 2.62. The van der Waals surface area contributed by atoms with E-state index in [9.17, 15) is 0 Å². The molecule has 21 heavy (non-hydrogen) atoms. The van der Waals surface area contributed by atoms with Crippen molar-refractivity contribution < 1.29 is 0 Å². The fraction of sp³-hybridized carbons (Fsp3) is 0.900. The lowest BCUT2D eigenvalue weighted by atomic mass is 9.48. The van der Waals surface area contributed by atoms with Gasteiger partial charge in [-0.3, -0.25) is 0 Å². The number of rotatable bonds is 2. The van der Waals surface area contributed by atoms with Crippen LogP contribution >= 0.6 is 0 Å². The molecule has 3 aliphatic carbocycles. The van der Waals surface area contributed by atoms with Crippen molar-refractivity contribution in [3.8, 4) is 0 Å². The average Bonchev–Trinajstić information content (AvgIpc) is 2.46. The van der Waals surface area contributed by atoms with Crippen molar-refractivity contribution in [1.82, 2.24) is 0 Å². The van der Waals surface area contributed by atoms with Crippen LogP contribution in [0.15, 0.2) is 11.1 Å². The lowest BCUT2D eigenvalue weighted by molar-refractivity contribution is -0.000304. The van der Waals surface area contributed by atoms with E-state index in [1.165, 1.54) is 51.4 Å². The van der Waals surface area contributed by atoms with Crippen LogP contribution in [0.1, 0.15) is 79.1 Å². The van der Waals surface area contributed by atoms with Crippen LogP contribution < -0.4 is 5.73 Å². The lowest BCUT2D eigenvalue weighted by Gasteiger charge is -2.57. The summed E-state index contributed by atoms with van der Waals surface area (Å²) in [6.07, 6.45) is 11.1. The second-order valence-corrected chi connectivity index (χ2v) is 9.05. The zero-order valence-electron chi connectivity index (χ0n) is 14.7. The third-order valence-electron chi connectivity index (χ3n) is 7.59. The minimum atomic E-state index is 0.389. The van der Waals surface area contributed by atoms with Crippen LogP contribution in [0, 0.1) is 28.6 Å². The van der Waals surface area contributed by atoms with Crippen molar-refractivity contribution in [3.63, 3.8) is 0 Å². The Balaban J connectivity index is 1.92. The molecule has 0 aromatic rings. The molecule has 0 amide bonds. The van der Waals surface area contributed by atoms with Gasteiger partial charge in [-0.1, -0.05) is 45.3 Å². The van der Waals surface area contributed by atoms with Crippen molar-refractivity contribution >= 4 is 0 Å². The van der Waals surface area contributed by atoms with Gasteiger partial charge in [-0.15, -0.1) is 0 Å². The van der Waals surface area contributed by atoms with Crippen molar-refractivity contribution in [2.45, 2.75) is 79.1 Å². The molecule has 4 atom stereocenters. The number of nitrogens with two attached hydrogens (primary N) is 1. The second kappa shape index (κ2) is 5.41. The number of fused-ring (bicyclic) bond motifs is 2. The Morgan fingerprint density at radius 3 is 2.57 bits per heavy atom. The zero-order valence-corrected chi connectivity index (χ0v) is 14.7. The molecule has 0 radical (unpaired) electrons. The van der Waals surface area contributed by atoms with Gasteiger partial charge in [-0.2, -0.15) is 0 Å². The molecular formula is C20H35N. The van der Waals surface area contributed by atoms with Crippen LogP contribution in [0.5, 0.6) is 0 Å². The normalized spacial score (nSPS) is 43.7. The van der Waals surface area contributed by atoms with Crippen LogP contribution in [0.3, 0.4) is 0 Å². The van der Waals surface area contributed by atoms with E-state index in [1.54, 1.807) is 0 Å². The largest absolute Gasteiger partial charge is 0.330 e. The first-order valence-electron chi connectivity index (χ1n) is 9.32. The van der Waals surface area contributed by atoms with E-state index in [2.05, 4.69) is 27.7 Å². The average molecular weight is 290 g/mol. The SMILES string of the molecule is CC(C)[C@@H]1CCC2=C(CC[C@@H]3[C@](C)(CN)CCC[C@@]23C)C1. The highest BCUT2D eigenvalue weighted by molar-refractivity contribution is 5.30. The molecule has 0 saturated heterocycles. The predicted molar refractivity (Wildman–Crippen MR) is 91.0 cm³/mol. The van der Waals surface area contributed by atoms with E-state index in [4.69, 9.17) is 5.73 Å². The summed E-state index contributed by atoms with van der Waals surface area (Å²) in [5.74, 6) is 2.62. The van der Waals surface area contributed by atoms with Gasteiger partial charge in [0, 0.05) is 0 Å². The first-order chi connectivity index (χ1) is 9.90. The number of hydrogen-bond acceptors (Lipinski definition) is 1. The van der Waals surface area contributed by atoms with Gasteiger partial charge in [-0.05, 0) is 80.1 Å². The van der Waals surface area contributed by atoms with E-state index >= 15 is 0 Å². The summed E-state index contributed by atoms with van der Waals surface area (Å²) in [5, 5.41) is 0. The summed E-state index contributed by atoms with van der Waals surface area (Å²) < 4.78 is 0. The lowest BCUT2D eigenvalue weighted by Crippen LogP contribution is -2.50. The van der Waals surface area contributed by atoms with E-state index in [0.717, 1.165) is 24.3 Å². The van der Waals surface area contributed by atoms with Crippen LogP contribution in [0.4, 0.5) is 0 Å². The van der Waals surface area contributed by atoms with Gasteiger partial charge < -0.3 is 5.73 Å².